The molecule has 0 aliphatic carbocycles. The number of hydrogen-bond acceptors (Lipinski definition) is 5. The maximum absolute atomic E-state index is 12.3. The van der Waals surface area contributed by atoms with Crippen LogP contribution in [-0.2, 0) is 16.0 Å². The Morgan fingerprint density at radius 3 is 3.08 bits per heavy atom. The highest BCUT2D eigenvalue weighted by molar-refractivity contribution is 5.74. The van der Waals surface area contributed by atoms with Gasteiger partial charge in [0.2, 0.25) is 0 Å². The number of carbonyl (C=O) groups is 1. The third kappa shape index (κ3) is 3.59. The van der Waals surface area contributed by atoms with Crippen LogP contribution in [-0.4, -0.2) is 77.7 Å². The normalized spacial score (nSPS) is 27.2. The van der Waals surface area contributed by atoms with Crippen LogP contribution in [0.3, 0.4) is 0 Å². The van der Waals surface area contributed by atoms with Gasteiger partial charge in [-0.15, -0.1) is 0 Å². The van der Waals surface area contributed by atoms with Crippen LogP contribution < -0.4 is 5.56 Å². The number of amides is 2. The molecule has 1 spiro atoms. The van der Waals surface area contributed by atoms with Gasteiger partial charge in [-0.3, -0.25) is 4.79 Å². The molecule has 3 heterocycles. The third-order valence-corrected chi connectivity index (χ3v) is 4.50. The summed E-state index contributed by atoms with van der Waals surface area (Å²) in [7, 11) is 3.49. The lowest BCUT2D eigenvalue weighted by Crippen LogP contribution is -2.49. The first-order valence-corrected chi connectivity index (χ1v) is 8.23. The summed E-state index contributed by atoms with van der Waals surface area (Å²) in [6.45, 7) is 2.47. The van der Waals surface area contributed by atoms with Crippen LogP contribution in [0.5, 0.6) is 0 Å². The van der Waals surface area contributed by atoms with Gasteiger partial charge in [-0.05, 0) is 18.9 Å². The number of ether oxygens (including phenoxy) is 2. The first-order chi connectivity index (χ1) is 11.5. The molecule has 3 rings (SSSR count). The number of hydrogen-bond donors (Lipinski definition) is 0. The van der Waals surface area contributed by atoms with Crippen molar-refractivity contribution in [1.29, 1.82) is 0 Å². The van der Waals surface area contributed by atoms with E-state index in [0.717, 1.165) is 12.8 Å². The van der Waals surface area contributed by atoms with Crippen molar-refractivity contribution in [3.8, 4) is 0 Å². The molecule has 0 N–H and O–H groups in total. The van der Waals surface area contributed by atoms with Crippen molar-refractivity contribution in [3.05, 3.63) is 28.7 Å². The molecule has 2 aliphatic heterocycles. The predicted octanol–water partition coefficient (Wildman–Crippen LogP) is 0.175. The molecule has 0 aromatic carbocycles. The van der Waals surface area contributed by atoms with Crippen molar-refractivity contribution in [3.63, 3.8) is 0 Å². The molecule has 1 aromatic rings. The maximum atomic E-state index is 12.3. The van der Waals surface area contributed by atoms with Crippen LogP contribution >= 0.6 is 0 Å². The Kier molecular flexibility index (Phi) is 4.86. The van der Waals surface area contributed by atoms with E-state index >= 15 is 0 Å². The molecule has 8 heteroatoms. The molecular formula is C16H24N4O4. The van der Waals surface area contributed by atoms with Gasteiger partial charge in [0.05, 0.1) is 32.4 Å². The van der Waals surface area contributed by atoms with Crippen LogP contribution in [0.15, 0.2) is 23.1 Å². The lowest BCUT2D eigenvalue weighted by Gasteiger charge is -2.33. The Morgan fingerprint density at radius 1 is 1.50 bits per heavy atom. The first-order valence-electron chi connectivity index (χ1n) is 8.23. The van der Waals surface area contributed by atoms with E-state index in [1.165, 1.54) is 10.7 Å². The van der Waals surface area contributed by atoms with Crippen LogP contribution in [0.25, 0.3) is 0 Å². The molecule has 132 valence electrons. The standard InChI is InChI=1S/C16H24N4O4/c1-18(2)15(22)19-8-9-23-12-16(11-19)6-5-13(24-16)10-20-14(21)4-3-7-17-20/h3-4,7,13H,5-6,8-12H2,1-2H3. The van der Waals surface area contributed by atoms with E-state index < -0.39 is 5.60 Å². The minimum Gasteiger partial charge on any atom is -0.377 e. The fourth-order valence-electron chi connectivity index (χ4n) is 3.32. The van der Waals surface area contributed by atoms with Crippen molar-refractivity contribution >= 4 is 6.03 Å². The van der Waals surface area contributed by atoms with E-state index in [-0.39, 0.29) is 17.7 Å². The zero-order valence-electron chi connectivity index (χ0n) is 14.2. The summed E-state index contributed by atoms with van der Waals surface area (Å²) in [5.41, 5.74) is -0.630. The molecule has 24 heavy (non-hydrogen) atoms. The number of nitrogens with zero attached hydrogens (tertiary/aromatic N) is 4. The highest BCUT2D eigenvalue weighted by Gasteiger charge is 2.44. The van der Waals surface area contributed by atoms with E-state index in [4.69, 9.17) is 9.47 Å². The fourth-order valence-corrected chi connectivity index (χ4v) is 3.32. The molecule has 2 atom stereocenters. The molecule has 1 aromatic heterocycles. The number of rotatable bonds is 2. The van der Waals surface area contributed by atoms with Gasteiger partial charge < -0.3 is 19.3 Å². The smallest absolute Gasteiger partial charge is 0.319 e. The lowest BCUT2D eigenvalue weighted by atomic mass is 10.0. The van der Waals surface area contributed by atoms with Gasteiger partial charge in [-0.2, -0.15) is 5.10 Å². The Hall–Kier alpha value is -1.93. The maximum Gasteiger partial charge on any atom is 0.319 e. The zero-order chi connectivity index (χ0) is 17.2. The molecular weight excluding hydrogens is 312 g/mol. The van der Waals surface area contributed by atoms with Crippen molar-refractivity contribution in [1.82, 2.24) is 19.6 Å². The summed E-state index contributed by atoms with van der Waals surface area (Å²) < 4.78 is 13.4. The van der Waals surface area contributed by atoms with Gasteiger partial charge in [0.1, 0.15) is 5.60 Å². The molecule has 0 radical (unpaired) electrons. The van der Waals surface area contributed by atoms with Crippen LogP contribution in [0, 0.1) is 0 Å². The van der Waals surface area contributed by atoms with Crippen LogP contribution in [0.2, 0.25) is 0 Å². The minimum absolute atomic E-state index is 0.0344. The van der Waals surface area contributed by atoms with Gasteiger partial charge in [0.15, 0.2) is 0 Å². The molecule has 2 amide bonds. The average molecular weight is 336 g/mol. The quantitative estimate of drug-likeness (QED) is 0.770. The third-order valence-electron chi connectivity index (χ3n) is 4.50. The number of carbonyl (C=O) groups excluding carboxylic acids is 1. The second kappa shape index (κ2) is 6.90. The van der Waals surface area contributed by atoms with Crippen LogP contribution in [0.1, 0.15) is 12.8 Å². The summed E-state index contributed by atoms with van der Waals surface area (Å²) in [4.78, 5) is 27.4. The Labute approximate surface area is 140 Å². The summed E-state index contributed by atoms with van der Waals surface area (Å²) in [6, 6.07) is 3.08. The van der Waals surface area contributed by atoms with E-state index in [1.54, 1.807) is 36.2 Å². The average Bonchev–Trinajstić information content (AvgIpc) is 2.82. The van der Waals surface area contributed by atoms with Gasteiger partial charge in [0, 0.05) is 32.9 Å². The monoisotopic (exact) mass is 336 g/mol. The Bertz CT molecular complexity index is 647. The molecule has 2 saturated heterocycles. The van der Waals surface area contributed by atoms with Crippen molar-refractivity contribution in [2.75, 3.05) is 40.4 Å². The molecule has 0 saturated carbocycles. The molecule has 2 fully saturated rings. The zero-order valence-corrected chi connectivity index (χ0v) is 14.2. The lowest BCUT2D eigenvalue weighted by molar-refractivity contribution is -0.0882. The Morgan fingerprint density at radius 2 is 2.33 bits per heavy atom. The minimum atomic E-state index is -0.495. The van der Waals surface area contributed by atoms with Gasteiger partial charge in [0.25, 0.3) is 5.56 Å². The van der Waals surface area contributed by atoms with E-state index in [9.17, 15) is 9.59 Å². The van der Waals surface area contributed by atoms with Crippen molar-refractivity contribution in [2.45, 2.75) is 31.1 Å². The van der Waals surface area contributed by atoms with Crippen molar-refractivity contribution in [2.24, 2.45) is 0 Å². The Balaban J connectivity index is 1.69. The SMILES string of the molecule is CN(C)C(=O)N1CCOCC2(CCC(Cn3ncccc3=O)O2)C1. The summed E-state index contributed by atoms with van der Waals surface area (Å²) >= 11 is 0. The summed E-state index contributed by atoms with van der Waals surface area (Å²) in [5.74, 6) is 0. The molecule has 2 unspecified atom stereocenters. The van der Waals surface area contributed by atoms with Gasteiger partial charge in [-0.1, -0.05) is 0 Å². The highest BCUT2D eigenvalue weighted by atomic mass is 16.6. The largest absolute Gasteiger partial charge is 0.377 e. The molecule has 2 aliphatic rings. The molecule has 0 bridgehead atoms. The van der Waals surface area contributed by atoms with E-state index in [2.05, 4.69) is 5.10 Å². The highest BCUT2D eigenvalue weighted by Crippen LogP contribution is 2.33. The van der Waals surface area contributed by atoms with E-state index in [1.807, 2.05) is 0 Å². The first kappa shape index (κ1) is 16.9. The van der Waals surface area contributed by atoms with Crippen LogP contribution in [0.4, 0.5) is 4.79 Å². The summed E-state index contributed by atoms with van der Waals surface area (Å²) in [6.07, 6.45) is 3.11. The number of urea groups is 1. The fraction of sp³-hybridized carbons (Fsp3) is 0.688. The number of aromatic nitrogens is 2. The predicted molar refractivity (Wildman–Crippen MR) is 86.8 cm³/mol. The topological polar surface area (TPSA) is 76.9 Å². The van der Waals surface area contributed by atoms with E-state index in [0.29, 0.717) is 32.8 Å². The van der Waals surface area contributed by atoms with Gasteiger partial charge in [-0.25, -0.2) is 9.48 Å². The van der Waals surface area contributed by atoms with Gasteiger partial charge >= 0.3 is 6.03 Å². The summed E-state index contributed by atoms with van der Waals surface area (Å²) in [5, 5.41) is 4.08. The van der Waals surface area contributed by atoms with Crippen molar-refractivity contribution < 1.29 is 14.3 Å². The second-order valence-corrected chi connectivity index (χ2v) is 6.66. The second-order valence-electron chi connectivity index (χ2n) is 6.66. The molecule has 8 nitrogen and oxygen atoms in total.